The Balaban J connectivity index is 3.45. The maximum absolute atomic E-state index is 5.34. The van der Waals surface area contributed by atoms with Crippen LogP contribution in [0.5, 0.6) is 0 Å². The summed E-state index contributed by atoms with van der Waals surface area (Å²) in [4.78, 5) is 0. The van der Waals surface area contributed by atoms with E-state index in [9.17, 15) is 0 Å². The Bertz CT molecular complexity index is 56.3. The number of rotatable bonds is 1. The molecule has 0 aromatic heterocycles. The van der Waals surface area contributed by atoms with Crippen LogP contribution >= 0.6 is 7.92 Å². The van der Waals surface area contributed by atoms with Gasteiger partial charge in [-0.15, -0.1) is 0 Å². The van der Waals surface area contributed by atoms with E-state index in [0.29, 0.717) is 0 Å². The zero-order chi connectivity index (χ0) is 5.21. The molecule has 0 bridgehead atoms. The van der Waals surface area contributed by atoms with Crippen molar-refractivity contribution in [2.45, 2.75) is 19.6 Å². The van der Waals surface area contributed by atoms with Gasteiger partial charge in [0.25, 0.3) is 0 Å². The minimum absolute atomic E-state index is 0.881. The highest BCUT2D eigenvalue weighted by Gasteiger charge is 2.13. The van der Waals surface area contributed by atoms with Crippen molar-refractivity contribution < 1.29 is 5.16 Å². The van der Waals surface area contributed by atoms with Crippen molar-refractivity contribution >= 4 is 15.7 Å². The fourth-order valence-electron chi connectivity index (χ4n) is 0. The molecule has 0 saturated carbocycles. The minimum Gasteiger partial charge on any atom is -0.251 e. The van der Waals surface area contributed by atoms with Gasteiger partial charge in [-0.1, -0.05) is 19.6 Å². The fraction of sp³-hybridized carbons (Fsp3) is 1.00. The molecule has 0 unspecified atom stereocenters. The minimum atomic E-state index is -0.881. The molecule has 36 valence electrons. The third-order valence-corrected chi connectivity index (χ3v) is 3.49. The van der Waals surface area contributed by atoms with Gasteiger partial charge in [-0.05, 0) is 0 Å². The summed E-state index contributed by atoms with van der Waals surface area (Å²) in [5, 5.41) is 5.34. The van der Waals surface area contributed by atoms with E-state index in [1.54, 1.807) is 0 Å². The van der Waals surface area contributed by atoms with Crippen LogP contribution in [0.15, 0.2) is 0 Å². The summed E-state index contributed by atoms with van der Waals surface area (Å²) in [6.07, 6.45) is 0. The Labute approximate surface area is 41.3 Å². The zero-order valence-electron chi connectivity index (χ0n) is 4.52. The molecule has 6 heavy (non-hydrogen) atoms. The third kappa shape index (κ3) is 4.32. The first-order valence-electron chi connectivity index (χ1n) is 1.98. The highest BCUT2D eigenvalue weighted by atomic mass is 31.3. The lowest BCUT2D eigenvalue weighted by Gasteiger charge is -1.95. The van der Waals surface area contributed by atoms with Gasteiger partial charge in [0.05, 0.1) is 0 Å². The topological polar surface area (TPSA) is 25.6 Å². The van der Waals surface area contributed by atoms with Crippen molar-refractivity contribution in [3.63, 3.8) is 0 Å². The fourth-order valence-corrected chi connectivity index (χ4v) is 0. The van der Waals surface area contributed by atoms with Gasteiger partial charge in [0.15, 0.2) is 15.7 Å². The summed E-state index contributed by atoms with van der Waals surface area (Å²) in [5.74, 6) is 0. The van der Waals surface area contributed by atoms with Crippen molar-refractivity contribution in [3.8, 4) is 0 Å². The number of nitrogens with two attached hydrogens (primary N) is 1. The third-order valence-electron chi connectivity index (χ3n) is 0.387. The summed E-state index contributed by atoms with van der Waals surface area (Å²) in [6, 6.07) is 0. The molecule has 0 aliphatic carbocycles. The Morgan fingerprint density at radius 2 is 1.50 bits per heavy atom. The SMILES string of the molecule is C[Si](C)(C)P=[NH2+]. The second-order valence-corrected chi connectivity index (χ2v) is 11.7. The smallest absolute Gasteiger partial charge is 0.186 e. The second kappa shape index (κ2) is 1.85. The van der Waals surface area contributed by atoms with Gasteiger partial charge in [-0.2, -0.15) is 0 Å². The first kappa shape index (κ1) is 6.32. The van der Waals surface area contributed by atoms with E-state index < -0.39 is 7.74 Å². The van der Waals surface area contributed by atoms with Gasteiger partial charge in [0.1, 0.15) is 0 Å². The van der Waals surface area contributed by atoms with Crippen LogP contribution in [-0.2, 0) is 0 Å². The van der Waals surface area contributed by atoms with Gasteiger partial charge in [0, 0.05) is 0 Å². The Morgan fingerprint density at radius 1 is 1.33 bits per heavy atom. The van der Waals surface area contributed by atoms with E-state index in [1.165, 1.54) is 0 Å². The van der Waals surface area contributed by atoms with Crippen LogP contribution in [-0.4, -0.2) is 7.74 Å². The molecule has 2 N–H and O–H groups in total. The van der Waals surface area contributed by atoms with Crippen molar-refractivity contribution in [2.24, 2.45) is 0 Å². The molecular weight excluding hydrogens is 109 g/mol. The lowest BCUT2D eigenvalue weighted by molar-refractivity contribution is -0.0737. The van der Waals surface area contributed by atoms with E-state index in [0.717, 1.165) is 7.92 Å². The van der Waals surface area contributed by atoms with Crippen LogP contribution in [0.2, 0.25) is 19.6 Å². The second-order valence-electron chi connectivity index (χ2n) is 2.30. The predicted molar refractivity (Wildman–Crippen MR) is 32.2 cm³/mol. The van der Waals surface area contributed by atoms with Crippen LogP contribution in [0.3, 0.4) is 0 Å². The van der Waals surface area contributed by atoms with Gasteiger partial charge in [-0.25, -0.2) is 0 Å². The lowest BCUT2D eigenvalue weighted by atomic mass is 11.8. The molecule has 0 fully saturated rings. The maximum atomic E-state index is 5.34. The molecule has 0 atom stereocenters. The van der Waals surface area contributed by atoms with E-state index in [-0.39, 0.29) is 0 Å². The Hall–Kier alpha value is 0.317. The highest BCUT2D eigenvalue weighted by Crippen LogP contribution is 2.10. The highest BCUT2D eigenvalue weighted by molar-refractivity contribution is 7.72. The molecular formula is C3H11NPSi+. The molecule has 0 aliphatic heterocycles. The number of hydrogen-bond acceptors (Lipinski definition) is 0. The molecule has 0 rings (SSSR count). The van der Waals surface area contributed by atoms with E-state index in [4.69, 9.17) is 5.16 Å². The number of hydrogen-bond donors (Lipinski definition) is 1. The maximum Gasteiger partial charge on any atom is 0.186 e. The zero-order valence-corrected chi connectivity index (χ0v) is 6.42. The van der Waals surface area contributed by atoms with Gasteiger partial charge >= 0.3 is 0 Å². The average Bonchev–Trinajstić information content (AvgIpc) is 1.35. The van der Waals surface area contributed by atoms with Crippen molar-refractivity contribution in [1.82, 2.24) is 0 Å². The molecule has 3 heteroatoms. The van der Waals surface area contributed by atoms with Crippen molar-refractivity contribution in [2.75, 3.05) is 0 Å². The van der Waals surface area contributed by atoms with Gasteiger partial charge in [0.2, 0.25) is 0 Å². The molecule has 0 radical (unpaired) electrons. The van der Waals surface area contributed by atoms with Crippen molar-refractivity contribution in [3.05, 3.63) is 0 Å². The molecule has 0 aromatic carbocycles. The van der Waals surface area contributed by atoms with Crippen LogP contribution in [0, 0.1) is 0 Å². The summed E-state index contributed by atoms with van der Waals surface area (Å²) in [6.45, 7) is 6.73. The molecule has 0 aromatic rings. The monoisotopic (exact) mass is 120 g/mol. The normalized spacial score (nSPS) is 12.5. The molecule has 0 heterocycles. The van der Waals surface area contributed by atoms with E-state index in [2.05, 4.69) is 19.6 Å². The van der Waals surface area contributed by atoms with E-state index in [1.807, 2.05) is 0 Å². The van der Waals surface area contributed by atoms with Crippen LogP contribution in [0.1, 0.15) is 0 Å². The van der Waals surface area contributed by atoms with E-state index >= 15 is 0 Å². The van der Waals surface area contributed by atoms with Crippen LogP contribution in [0.25, 0.3) is 0 Å². The molecule has 0 saturated heterocycles. The summed E-state index contributed by atoms with van der Waals surface area (Å²) < 4.78 is 0. The first-order valence-corrected chi connectivity index (χ1v) is 7.29. The van der Waals surface area contributed by atoms with Crippen molar-refractivity contribution in [1.29, 1.82) is 0 Å². The van der Waals surface area contributed by atoms with Crippen LogP contribution in [0.4, 0.5) is 0 Å². The largest absolute Gasteiger partial charge is 0.251 e. The first-order chi connectivity index (χ1) is 2.56. The molecule has 0 amide bonds. The molecule has 1 nitrogen and oxygen atoms in total. The van der Waals surface area contributed by atoms with Gasteiger partial charge in [-0.3, -0.25) is 5.16 Å². The lowest BCUT2D eigenvalue weighted by Crippen LogP contribution is -2.26. The summed E-state index contributed by atoms with van der Waals surface area (Å²) in [5.41, 5.74) is 0. The molecule has 0 aliphatic rings. The van der Waals surface area contributed by atoms with Gasteiger partial charge < -0.3 is 0 Å². The summed E-state index contributed by atoms with van der Waals surface area (Å²) >= 11 is 0. The standard InChI is InChI=1S/C3H10NPSi/c1-6(2,3)5-4/h4H,1-3H3/p+1. The quantitative estimate of drug-likeness (QED) is 0.389. The predicted octanol–water partition coefficient (Wildman–Crippen LogP) is 0.710. The Morgan fingerprint density at radius 3 is 1.50 bits per heavy atom. The van der Waals surface area contributed by atoms with Crippen LogP contribution < -0.4 is 5.16 Å². The average molecular weight is 120 g/mol. The molecule has 0 spiro atoms. The Kier molecular flexibility index (Phi) is 1.95. The summed E-state index contributed by atoms with van der Waals surface area (Å²) in [7, 11) is 0.232.